The lowest BCUT2D eigenvalue weighted by atomic mass is 10.3. The van der Waals surface area contributed by atoms with Crippen LogP contribution in [0.2, 0.25) is 0 Å². The molecule has 2 aromatic rings. The predicted molar refractivity (Wildman–Crippen MR) is 89.1 cm³/mol. The van der Waals surface area contributed by atoms with Gasteiger partial charge in [0.25, 0.3) is 5.56 Å². The van der Waals surface area contributed by atoms with Crippen molar-refractivity contribution in [3.8, 4) is 0 Å². The maximum absolute atomic E-state index is 12.4. The van der Waals surface area contributed by atoms with E-state index in [9.17, 15) is 22.8 Å². The minimum atomic E-state index is -4.43. The minimum absolute atomic E-state index is 0.128. The lowest BCUT2D eigenvalue weighted by Gasteiger charge is -2.10. The second kappa shape index (κ2) is 8.15. The molecular weight excluding hydrogens is 405 g/mol. The van der Waals surface area contributed by atoms with Crippen LogP contribution in [0.3, 0.4) is 0 Å². The number of anilines is 1. The molecule has 2 N–H and O–H groups in total. The fourth-order valence-electron chi connectivity index (χ4n) is 1.89. The molecular formula is C15H14BrF3N4O2. The Balaban J connectivity index is 1.76. The molecule has 2 heterocycles. The lowest BCUT2D eigenvalue weighted by molar-refractivity contribution is -0.137. The first kappa shape index (κ1) is 19.0. The highest BCUT2D eigenvalue weighted by Gasteiger charge is 2.30. The van der Waals surface area contributed by atoms with Gasteiger partial charge in [0.05, 0.1) is 5.56 Å². The van der Waals surface area contributed by atoms with Gasteiger partial charge in [-0.05, 0) is 34.1 Å². The van der Waals surface area contributed by atoms with Crippen molar-refractivity contribution in [2.75, 3.05) is 18.4 Å². The summed E-state index contributed by atoms with van der Waals surface area (Å²) in [6.45, 7) is 0.374. The topological polar surface area (TPSA) is 76.0 Å². The standard InChI is InChI=1S/C15H14BrF3N4O2/c16-11-2-4-14(25)23(8-11)9-13(24)21-6-5-20-12-3-1-10(7-22-12)15(17,18)19/h1-4,7-8H,5-6,9H2,(H,20,22)(H,21,24). The Morgan fingerprint density at radius 2 is 1.96 bits per heavy atom. The molecule has 1 amide bonds. The van der Waals surface area contributed by atoms with E-state index >= 15 is 0 Å². The van der Waals surface area contributed by atoms with Gasteiger partial charge in [-0.15, -0.1) is 0 Å². The van der Waals surface area contributed by atoms with E-state index in [0.29, 0.717) is 4.47 Å². The molecule has 0 aliphatic heterocycles. The van der Waals surface area contributed by atoms with Crippen molar-refractivity contribution >= 4 is 27.7 Å². The molecule has 2 aromatic heterocycles. The van der Waals surface area contributed by atoms with Crippen molar-refractivity contribution in [1.29, 1.82) is 0 Å². The van der Waals surface area contributed by atoms with Gasteiger partial charge in [0, 0.05) is 36.0 Å². The molecule has 25 heavy (non-hydrogen) atoms. The molecule has 0 bridgehead atoms. The zero-order chi connectivity index (χ0) is 18.4. The number of pyridine rings is 2. The first-order valence-corrected chi connectivity index (χ1v) is 7.95. The van der Waals surface area contributed by atoms with Gasteiger partial charge >= 0.3 is 6.18 Å². The van der Waals surface area contributed by atoms with Crippen LogP contribution in [0.1, 0.15) is 5.56 Å². The quantitative estimate of drug-likeness (QED) is 0.705. The number of carbonyl (C=O) groups excluding carboxylic acids is 1. The SMILES string of the molecule is O=C(Cn1cc(Br)ccc1=O)NCCNc1ccc(C(F)(F)F)cn1. The summed E-state index contributed by atoms with van der Waals surface area (Å²) in [6.07, 6.45) is -2.18. The van der Waals surface area contributed by atoms with Gasteiger partial charge in [-0.2, -0.15) is 13.2 Å². The summed E-state index contributed by atoms with van der Waals surface area (Å²) in [4.78, 5) is 27.0. The summed E-state index contributed by atoms with van der Waals surface area (Å²) in [5, 5.41) is 5.39. The summed E-state index contributed by atoms with van der Waals surface area (Å²) in [5.74, 6) is -0.0900. The number of nitrogens with one attached hydrogen (secondary N) is 2. The molecule has 0 fully saturated rings. The van der Waals surface area contributed by atoms with Gasteiger partial charge in [0.15, 0.2) is 0 Å². The van der Waals surface area contributed by atoms with Crippen LogP contribution in [0.15, 0.2) is 45.9 Å². The van der Waals surface area contributed by atoms with E-state index in [4.69, 9.17) is 0 Å². The molecule has 0 saturated carbocycles. The Morgan fingerprint density at radius 3 is 2.60 bits per heavy atom. The Hall–Kier alpha value is -2.36. The summed E-state index contributed by atoms with van der Waals surface area (Å²) in [5.41, 5.74) is -1.13. The highest BCUT2D eigenvalue weighted by Crippen LogP contribution is 2.28. The highest BCUT2D eigenvalue weighted by atomic mass is 79.9. The summed E-state index contributed by atoms with van der Waals surface area (Å²) < 4.78 is 39.2. The number of amides is 1. The molecule has 0 saturated heterocycles. The van der Waals surface area contributed by atoms with Gasteiger partial charge in [-0.3, -0.25) is 9.59 Å². The van der Waals surface area contributed by atoms with Crippen LogP contribution < -0.4 is 16.2 Å². The zero-order valence-corrected chi connectivity index (χ0v) is 14.4. The molecule has 0 spiro atoms. The van der Waals surface area contributed by atoms with Gasteiger partial charge in [0.2, 0.25) is 5.91 Å². The first-order valence-electron chi connectivity index (χ1n) is 7.15. The monoisotopic (exact) mass is 418 g/mol. The number of rotatable bonds is 6. The second-order valence-electron chi connectivity index (χ2n) is 5.02. The maximum Gasteiger partial charge on any atom is 0.417 e. The van der Waals surface area contributed by atoms with E-state index in [1.165, 1.54) is 22.9 Å². The third-order valence-electron chi connectivity index (χ3n) is 3.11. The Labute approximate surface area is 149 Å². The van der Waals surface area contributed by atoms with E-state index < -0.39 is 11.7 Å². The van der Waals surface area contributed by atoms with Crippen LogP contribution in [0.25, 0.3) is 0 Å². The average Bonchev–Trinajstić information content (AvgIpc) is 2.55. The molecule has 0 atom stereocenters. The third kappa shape index (κ3) is 5.89. The third-order valence-corrected chi connectivity index (χ3v) is 3.57. The largest absolute Gasteiger partial charge is 0.417 e. The Kier molecular flexibility index (Phi) is 6.18. The summed E-state index contributed by atoms with van der Waals surface area (Å²) in [7, 11) is 0. The van der Waals surface area contributed by atoms with Crippen molar-refractivity contribution < 1.29 is 18.0 Å². The Bertz CT molecular complexity index is 791. The Morgan fingerprint density at radius 1 is 1.20 bits per heavy atom. The number of carbonyl (C=O) groups is 1. The van der Waals surface area contributed by atoms with Crippen LogP contribution in [0, 0.1) is 0 Å². The molecule has 6 nitrogen and oxygen atoms in total. The van der Waals surface area contributed by atoms with Crippen molar-refractivity contribution in [3.63, 3.8) is 0 Å². The van der Waals surface area contributed by atoms with E-state index in [1.807, 2.05) is 0 Å². The molecule has 0 radical (unpaired) electrons. The van der Waals surface area contributed by atoms with Crippen LogP contribution in [0.5, 0.6) is 0 Å². The molecule has 0 aliphatic rings. The van der Waals surface area contributed by atoms with Crippen molar-refractivity contribution in [3.05, 3.63) is 57.0 Å². The van der Waals surface area contributed by atoms with Crippen molar-refractivity contribution in [2.24, 2.45) is 0 Å². The number of alkyl halides is 3. The van der Waals surface area contributed by atoms with E-state index in [2.05, 4.69) is 31.5 Å². The van der Waals surface area contributed by atoms with Crippen LogP contribution >= 0.6 is 15.9 Å². The average molecular weight is 419 g/mol. The minimum Gasteiger partial charge on any atom is -0.368 e. The molecule has 134 valence electrons. The second-order valence-corrected chi connectivity index (χ2v) is 5.94. The zero-order valence-electron chi connectivity index (χ0n) is 12.8. The number of hydrogen-bond acceptors (Lipinski definition) is 4. The summed E-state index contributed by atoms with van der Waals surface area (Å²) >= 11 is 3.21. The molecule has 10 heteroatoms. The smallest absolute Gasteiger partial charge is 0.368 e. The van der Waals surface area contributed by atoms with Crippen LogP contribution in [-0.2, 0) is 17.5 Å². The first-order chi connectivity index (χ1) is 11.8. The molecule has 0 aliphatic carbocycles. The van der Waals surface area contributed by atoms with E-state index in [1.54, 1.807) is 6.07 Å². The van der Waals surface area contributed by atoms with Gasteiger partial charge in [0.1, 0.15) is 12.4 Å². The molecule has 0 unspecified atom stereocenters. The predicted octanol–water partition coefficient (Wildman–Crippen LogP) is 2.25. The van der Waals surface area contributed by atoms with Gasteiger partial charge in [-0.25, -0.2) is 4.98 Å². The molecule has 2 rings (SSSR count). The number of halogens is 4. The number of hydrogen-bond donors (Lipinski definition) is 2. The van der Waals surface area contributed by atoms with Crippen molar-refractivity contribution in [1.82, 2.24) is 14.9 Å². The fraction of sp³-hybridized carbons (Fsp3) is 0.267. The van der Waals surface area contributed by atoms with Crippen molar-refractivity contribution in [2.45, 2.75) is 12.7 Å². The maximum atomic E-state index is 12.4. The fourth-order valence-corrected chi connectivity index (χ4v) is 2.27. The number of nitrogens with zero attached hydrogens (tertiary/aromatic N) is 2. The van der Waals surface area contributed by atoms with E-state index in [0.717, 1.165) is 12.3 Å². The van der Waals surface area contributed by atoms with Crippen LogP contribution in [-0.4, -0.2) is 28.5 Å². The van der Waals surface area contributed by atoms with Crippen LogP contribution in [0.4, 0.5) is 19.0 Å². The highest BCUT2D eigenvalue weighted by molar-refractivity contribution is 9.10. The lowest BCUT2D eigenvalue weighted by Crippen LogP contribution is -2.34. The number of aromatic nitrogens is 2. The van der Waals surface area contributed by atoms with E-state index in [-0.39, 0.29) is 36.9 Å². The van der Waals surface area contributed by atoms with Gasteiger partial charge < -0.3 is 15.2 Å². The normalized spacial score (nSPS) is 11.2. The van der Waals surface area contributed by atoms with Gasteiger partial charge in [-0.1, -0.05) is 0 Å². The molecule has 0 aromatic carbocycles. The summed E-state index contributed by atoms with van der Waals surface area (Å²) in [6, 6.07) is 5.06.